The molecule has 1 atom stereocenters. The standard InChI is InChI=1S/C11H11NO3S/c1-6(13)10-11(14)8-5-7(15-2)3-4-9(8)16-12-10/h3-6,13H,1-2H3. The fourth-order valence-electron chi connectivity index (χ4n) is 1.44. The number of aliphatic hydroxyl groups excluding tert-OH is 1. The molecule has 4 nitrogen and oxygen atoms in total. The lowest BCUT2D eigenvalue weighted by molar-refractivity contribution is 0.194. The molecule has 1 unspecified atom stereocenters. The summed E-state index contributed by atoms with van der Waals surface area (Å²) in [6, 6.07) is 5.24. The molecule has 1 heterocycles. The number of hydrogen-bond acceptors (Lipinski definition) is 5. The molecule has 1 aromatic heterocycles. The Morgan fingerprint density at radius 3 is 2.88 bits per heavy atom. The Morgan fingerprint density at radius 1 is 1.50 bits per heavy atom. The summed E-state index contributed by atoms with van der Waals surface area (Å²) in [7, 11) is 1.55. The Balaban J connectivity index is 2.76. The van der Waals surface area contributed by atoms with Crippen LogP contribution in [0.2, 0.25) is 0 Å². The zero-order valence-corrected chi connectivity index (χ0v) is 9.75. The van der Waals surface area contributed by atoms with E-state index >= 15 is 0 Å². The largest absolute Gasteiger partial charge is 0.497 e. The predicted octanol–water partition coefficient (Wildman–Crippen LogP) is 1.72. The first-order valence-electron chi connectivity index (χ1n) is 4.79. The van der Waals surface area contributed by atoms with Gasteiger partial charge in [-0.1, -0.05) is 0 Å². The van der Waals surface area contributed by atoms with Gasteiger partial charge >= 0.3 is 0 Å². The minimum Gasteiger partial charge on any atom is -0.497 e. The number of methoxy groups -OCH3 is 1. The molecule has 1 N–H and O–H groups in total. The van der Waals surface area contributed by atoms with Crippen molar-refractivity contribution in [3.05, 3.63) is 34.1 Å². The second-order valence-electron chi connectivity index (χ2n) is 3.44. The third-order valence-corrected chi connectivity index (χ3v) is 3.14. The van der Waals surface area contributed by atoms with Crippen LogP contribution in [0.15, 0.2) is 23.0 Å². The van der Waals surface area contributed by atoms with Crippen molar-refractivity contribution in [3.63, 3.8) is 0 Å². The molecule has 0 amide bonds. The Bertz CT molecular complexity index is 577. The molecule has 0 bridgehead atoms. The lowest BCUT2D eigenvalue weighted by atomic mass is 10.2. The zero-order chi connectivity index (χ0) is 11.7. The molecule has 0 fully saturated rings. The normalized spacial score (nSPS) is 12.7. The highest BCUT2D eigenvalue weighted by molar-refractivity contribution is 7.12. The predicted molar refractivity (Wildman–Crippen MR) is 63.1 cm³/mol. The van der Waals surface area contributed by atoms with Crippen LogP contribution >= 0.6 is 11.5 Å². The maximum absolute atomic E-state index is 12.0. The number of hydrogen-bond donors (Lipinski definition) is 1. The van der Waals surface area contributed by atoms with Crippen molar-refractivity contribution in [2.75, 3.05) is 7.11 Å². The van der Waals surface area contributed by atoms with Crippen molar-refractivity contribution in [3.8, 4) is 5.75 Å². The maximum Gasteiger partial charge on any atom is 0.212 e. The first kappa shape index (κ1) is 11.0. The van der Waals surface area contributed by atoms with Gasteiger partial charge in [0, 0.05) is 5.39 Å². The average Bonchev–Trinajstić information content (AvgIpc) is 2.28. The van der Waals surface area contributed by atoms with Gasteiger partial charge in [0.15, 0.2) is 0 Å². The minimum absolute atomic E-state index is 0.186. The van der Waals surface area contributed by atoms with Crippen LogP contribution in [0.4, 0.5) is 0 Å². The third kappa shape index (κ3) is 1.79. The molecule has 2 rings (SSSR count). The van der Waals surface area contributed by atoms with E-state index in [1.54, 1.807) is 25.3 Å². The summed E-state index contributed by atoms with van der Waals surface area (Å²) in [5.41, 5.74) is -0.0478. The summed E-state index contributed by atoms with van der Waals surface area (Å²) in [5.74, 6) is 0.625. The van der Waals surface area contributed by atoms with E-state index in [1.165, 1.54) is 18.5 Å². The SMILES string of the molecule is COc1ccc2snc(C(C)O)c(=O)c2c1. The van der Waals surface area contributed by atoms with Gasteiger partial charge in [0.25, 0.3) is 0 Å². The molecular weight excluding hydrogens is 226 g/mol. The molecule has 84 valence electrons. The molecule has 1 aromatic carbocycles. The van der Waals surface area contributed by atoms with Crippen molar-refractivity contribution in [2.24, 2.45) is 0 Å². The molecule has 16 heavy (non-hydrogen) atoms. The van der Waals surface area contributed by atoms with Gasteiger partial charge in [-0.3, -0.25) is 4.79 Å². The van der Waals surface area contributed by atoms with E-state index in [0.29, 0.717) is 11.1 Å². The minimum atomic E-state index is -0.848. The first-order chi connectivity index (χ1) is 7.63. The van der Waals surface area contributed by atoms with Crippen LogP contribution in [0.5, 0.6) is 5.75 Å². The van der Waals surface area contributed by atoms with E-state index in [9.17, 15) is 9.90 Å². The van der Waals surface area contributed by atoms with E-state index < -0.39 is 6.10 Å². The molecule has 0 aliphatic carbocycles. The molecule has 0 radical (unpaired) electrons. The Kier molecular flexibility index (Phi) is 2.89. The van der Waals surface area contributed by atoms with Crippen LogP contribution in [0.1, 0.15) is 18.7 Å². The van der Waals surface area contributed by atoms with Gasteiger partial charge in [0.2, 0.25) is 5.43 Å². The van der Waals surface area contributed by atoms with E-state index in [-0.39, 0.29) is 11.1 Å². The molecule has 0 saturated heterocycles. The summed E-state index contributed by atoms with van der Waals surface area (Å²) in [6.07, 6.45) is -0.848. The lowest BCUT2D eigenvalue weighted by Crippen LogP contribution is -2.13. The zero-order valence-electron chi connectivity index (χ0n) is 8.93. The smallest absolute Gasteiger partial charge is 0.212 e. The van der Waals surface area contributed by atoms with Gasteiger partial charge < -0.3 is 9.84 Å². The molecular formula is C11H11NO3S. The average molecular weight is 237 g/mol. The van der Waals surface area contributed by atoms with Crippen molar-refractivity contribution in [1.82, 2.24) is 4.37 Å². The van der Waals surface area contributed by atoms with Gasteiger partial charge in [-0.25, -0.2) is 0 Å². The number of aliphatic hydroxyl groups is 1. The van der Waals surface area contributed by atoms with Crippen molar-refractivity contribution in [2.45, 2.75) is 13.0 Å². The van der Waals surface area contributed by atoms with Crippen LogP contribution in [0.3, 0.4) is 0 Å². The molecule has 5 heteroatoms. The first-order valence-corrected chi connectivity index (χ1v) is 5.56. The third-order valence-electron chi connectivity index (χ3n) is 2.30. The summed E-state index contributed by atoms with van der Waals surface area (Å²) in [5, 5.41) is 9.94. The van der Waals surface area contributed by atoms with Crippen LogP contribution in [-0.4, -0.2) is 16.6 Å². The second-order valence-corrected chi connectivity index (χ2v) is 4.24. The Morgan fingerprint density at radius 2 is 2.25 bits per heavy atom. The molecule has 2 aromatic rings. The topological polar surface area (TPSA) is 59.4 Å². The molecule has 0 saturated carbocycles. The number of ether oxygens (including phenoxy) is 1. The van der Waals surface area contributed by atoms with Crippen molar-refractivity contribution >= 4 is 21.6 Å². The fourth-order valence-corrected chi connectivity index (χ4v) is 2.25. The van der Waals surface area contributed by atoms with Gasteiger partial charge in [-0.05, 0) is 36.7 Å². The fraction of sp³-hybridized carbons (Fsp3) is 0.273. The highest BCUT2D eigenvalue weighted by Crippen LogP contribution is 2.21. The summed E-state index contributed by atoms with van der Waals surface area (Å²) in [4.78, 5) is 12.0. The van der Waals surface area contributed by atoms with Gasteiger partial charge in [0.1, 0.15) is 11.4 Å². The molecule has 0 aliphatic heterocycles. The van der Waals surface area contributed by atoms with Gasteiger partial charge in [-0.2, -0.15) is 4.37 Å². The van der Waals surface area contributed by atoms with Crippen LogP contribution < -0.4 is 10.2 Å². The molecule has 0 aliphatic rings. The molecule has 0 spiro atoms. The van der Waals surface area contributed by atoms with Crippen molar-refractivity contribution < 1.29 is 9.84 Å². The lowest BCUT2D eigenvalue weighted by Gasteiger charge is -2.04. The van der Waals surface area contributed by atoms with Gasteiger partial charge in [-0.15, -0.1) is 0 Å². The number of benzene rings is 1. The second kappa shape index (κ2) is 4.19. The Labute approximate surface area is 96.3 Å². The summed E-state index contributed by atoms with van der Waals surface area (Å²) in [6.45, 7) is 1.53. The summed E-state index contributed by atoms with van der Waals surface area (Å²) < 4.78 is 9.85. The number of rotatable bonds is 2. The van der Waals surface area contributed by atoms with E-state index in [2.05, 4.69) is 4.37 Å². The van der Waals surface area contributed by atoms with E-state index in [4.69, 9.17) is 4.74 Å². The van der Waals surface area contributed by atoms with Crippen LogP contribution in [-0.2, 0) is 0 Å². The Hall–Kier alpha value is -1.46. The highest BCUT2D eigenvalue weighted by atomic mass is 32.1. The number of fused-ring (bicyclic) bond motifs is 1. The monoisotopic (exact) mass is 237 g/mol. The summed E-state index contributed by atoms with van der Waals surface area (Å²) >= 11 is 1.20. The van der Waals surface area contributed by atoms with Crippen molar-refractivity contribution in [1.29, 1.82) is 0 Å². The maximum atomic E-state index is 12.0. The number of nitrogens with zero attached hydrogens (tertiary/aromatic N) is 1. The highest BCUT2D eigenvalue weighted by Gasteiger charge is 2.12. The van der Waals surface area contributed by atoms with Crippen LogP contribution in [0.25, 0.3) is 10.1 Å². The van der Waals surface area contributed by atoms with Gasteiger partial charge in [0.05, 0.1) is 17.9 Å². The quantitative estimate of drug-likeness (QED) is 0.864. The number of aromatic nitrogens is 1. The van der Waals surface area contributed by atoms with Crippen LogP contribution in [0, 0.1) is 0 Å². The van der Waals surface area contributed by atoms with E-state index in [0.717, 1.165) is 4.70 Å². The van der Waals surface area contributed by atoms with E-state index in [1.807, 2.05) is 0 Å².